The number of β-amino-alcohol motifs (C(OH)–C–C–N with tert-alkyl or cyclic N) is 1. The molecule has 0 spiro atoms. The Balaban J connectivity index is 2.68. The number of nitrogens with zero attached hydrogens (tertiary/aromatic N) is 1. The van der Waals surface area contributed by atoms with Crippen LogP contribution in [-0.4, -0.2) is 40.9 Å². The maximum absolute atomic E-state index is 11.8. The van der Waals surface area contributed by atoms with Gasteiger partial charge in [-0.1, -0.05) is 5.57 Å². The molecule has 92 valence electrons. The molecule has 0 radical (unpaired) electrons. The number of ether oxygens (including phenoxy) is 1. The van der Waals surface area contributed by atoms with E-state index >= 15 is 0 Å². The predicted molar refractivity (Wildman–Crippen MR) is 62.2 cm³/mol. The van der Waals surface area contributed by atoms with Gasteiger partial charge in [-0.3, -0.25) is 0 Å². The minimum absolute atomic E-state index is 0.318. The third kappa shape index (κ3) is 3.23. The Morgan fingerprint density at radius 1 is 1.44 bits per heavy atom. The molecule has 0 fully saturated rings. The molecule has 1 aliphatic rings. The number of rotatable bonds is 0. The summed E-state index contributed by atoms with van der Waals surface area (Å²) in [5, 5.41) is 9.76. The van der Waals surface area contributed by atoms with Crippen LogP contribution >= 0.6 is 0 Å². The van der Waals surface area contributed by atoms with Gasteiger partial charge in [0.2, 0.25) is 0 Å². The van der Waals surface area contributed by atoms with Gasteiger partial charge in [-0.25, -0.2) is 4.79 Å². The van der Waals surface area contributed by atoms with Crippen molar-refractivity contribution in [1.29, 1.82) is 0 Å². The summed E-state index contributed by atoms with van der Waals surface area (Å²) in [6, 6.07) is 0. The van der Waals surface area contributed by atoms with E-state index in [0.29, 0.717) is 13.1 Å². The van der Waals surface area contributed by atoms with Crippen molar-refractivity contribution in [3.05, 3.63) is 11.1 Å². The smallest absolute Gasteiger partial charge is 0.410 e. The molecule has 0 aromatic carbocycles. The maximum Gasteiger partial charge on any atom is 0.410 e. The normalized spacial score (nSPS) is 22.4. The van der Waals surface area contributed by atoms with E-state index in [-0.39, 0.29) is 6.09 Å². The topological polar surface area (TPSA) is 49.8 Å². The molecule has 0 saturated carbocycles. The van der Waals surface area contributed by atoms with Crippen LogP contribution in [0.1, 0.15) is 34.6 Å². The SMILES string of the molecule is CC1=C(C)C(O)CN(C(=O)OC(C)(C)C)C1. The lowest BCUT2D eigenvalue weighted by atomic mass is 10.0. The molecule has 1 amide bonds. The van der Waals surface area contributed by atoms with Crippen molar-refractivity contribution in [2.45, 2.75) is 46.3 Å². The second-order valence-electron chi connectivity index (χ2n) is 5.34. The van der Waals surface area contributed by atoms with Crippen LogP contribution in [-0.2, 0) is 4.74 Å². The molecule has 1 unspecified atom stereocenters. The van der Waals surface area contributed by atoms with Gasteiger partial charge in [0.1, 0.15) is 5.60 Å². The van der Waals surface area contributed by atoms with Crippen LogP contribution in [0.5, 0.6) is 0 Å². The van der Waals surface area contributed by atoms with Gasteiger partial charge in [-0.05, 0) is 40.2 Å². The van der Waals surface area contributed by atoms with Gasteiger partial charge in [-0.15, -0.1) is 0 Å². The lowest BCUT2D eigenvalue weighted by molar-refractivity contribution is 0.0169. The Bertz CT molecular complexity index is 315. The zero-order valence-corrected chi connectivity index (χ0v) is 10.7. The summed E-state index contributed by atoms with van der Waals surface area (Å²) in [5.41, 5.74) is 1.50. The first-order valence-corrected chi connectivity index (χ1v) is 5.53. The second-order valence-corrected chi connectivity index (χ2v) is 5.34. The molecule has 0 saturated heterocycles. The molecule has 0 aromatic rings. The lowest BCUT2D eigenvalue weighted by Crippen LogP contribution is -2.45. The van der Waals surface area contributed by atoms with Crippen molar-refractivity contribution in [2.75, 3.05) is 13.1 Å². The van der Waals surface area contributed by atoms with Gasteiger partial charge in [0.15, 0.2) is 0 Å². The van der Waals surface area contributed by atoms with Crippen LogP contribution in [0.15, 0.2) is 11.1 Å². The van der Waals surface area contributed by atoms with Crippen molar-refractivity contribution >= 4 is 6.09 Å². The highest BCUT2D eigenvalue weighted by molar-refractivity contribution is 5.69. The molecular formula is C12H21NO3. The number of aliphatic hydroxyl groups excluding tert-OH is 1. The van der Waals surface area contributed by atoms with E-state index < -0.39 is 11.7 Å². The van der Waals surface area contributed by atoms with Gasteiger partial charge in [0, 0.05) is 6.54 Å². The summed E-state index contributed by atoms with van der Waals surface area (Å²) < 4.78 is 5.26. The van der Waals surface area contributed by atoms with Crippen molar-refractivity contribution < 1.29 is 14.6 Å². The first-order chi connectivity index (χ1) is 7.20. The Hall–Kier alpha value is -1.03. The van der Waals surface area contributed by atoms with Gasteiger partial charge in [-0.2, -0.15) is 0 Å². The van der Waals surface area contributed by atoms with Gasteiger partial charge < -0.3 is 14.7 Å². The third-order valence-corrected chi connectivity index (χ3v) is 2.65. The van der Waals surface area contributed by atoms with Crippen LogP contribution in [0.3, 0.4) is 0 Å². The molecule has 4 heteroatoms. The summed E-state index contributed by atoms with van der Waals surface area (Å²) in [6.07, 6.45) is -0.931. The summed E-state index contributed by atoms with van der Waals surface area (Å²) in [5.74, 6) is 0. The lowest BCUT2D eigenvalue weighted by Gasteiger charge is -2.33. The van der Waals surface area contributed by atoms with E-state index in [1.165, 1.54) is 4.90 Å². The predicted octanol–water partition coefficient (Wildman–Crippen LogP) is 1.93. The molecule has 1 rings (SSSR count). The van der Waals surface area contributed by atoms with Crippen LogP contribution in [0.25, 0.3) is 0 Å². The second kappa shape index (κ2) is 4.45. The first kappa shape index (κ1) is 13.0. The number of aliphatic hydroxyl groups is 1. The highest BCUT2D eigenvalue weighted by Gasteiger charge is 2.28. The average Bonchev–Trinajstić information content (AvgIpc) is 2.10. The van der Waals surface area contributed by atoms with Crippen LogP contribution in [0.4, 0.5) is 4.79 Å². The first-order valence-electron chi connectivity index (χ1n) is 5.53. The Labute approximate surface area is 96.9 Å². The standard InChI is InChI=1S/C12H21NO3/c1-8-6-13(7-10(14)9(8)2)11(15)16-12(3,4)5/h10,14H,6-7H2,1-5H3. The van der Waals surface area contributed by atoms with E-state index in [4.69, 9.17) is 4.74 Å². The minimum atomic E-state index is -0.568. The number of hydrogen-bond donors (Lipinski definition) is 1. The van der Waals surface area contributed by atoms with Crippen molar-refractivity contribution in [3.63, 3.8) is 0 Å². The molecule has 0 aromatic heterocycles. The molecule has 4 nitrogen and oxygen atoms in total. The van der Waals surface area contributed by atoms with Crippen molar-refractivity contribution in [3.8, 4) is 0 Å². The highest BCUT2D eigenvalue weighted by atomic mass is 16.6. The quantitative estimate of drug-likeness (QED) is 0.643. The molecule has 0 bridgehead atoms. The molecule has 16 heavy (non-hydrogen) atoms. The fourth-order valence-electron chi connectivity index (χ4n) is 1.57. The van der Waals surface area contributed by atoms with Gasteiger partial charge in [0.25, 0.3) is 0 Å². The summed E-state index contributed by atoms with van der Waals surface area (Å²) in [4.78, 5) is 13.3. The minimum Gasteiger partial charge on any atom is -0.444 e. The molecule has 1 heterocycles. The van der Waals surface area contributed by atoms with Gasteiger partial charge in [0.05, 0.1) is 12.6 Å². The number of hydrogen-bond acceptors (Lipinski definition) is 3. The van der Waals surface area contributed by atoms with Crippen LogP contribution in [0, 0.1) is 0 Å². The van der Waals surface area contributed by atoms with Gasteiger partial charge >= 0.3 is 6.09 Å². The molecule has 1 atom stereocenters. The van der Waals surface area contributed by atoms with Crippen molar-refractivity contribution in [1.82, 2.24) is 4.90 Å². The summed E-state index contributed by atoms with van der Waals surface area (Å²) in [7, 11) is 0. The van der Waals surface area contributed by atoms with Crippen molar-refractivity contribution in [2.24, 2.45) is 0 Å². The molecule has 1 N–H and O–H groups in total. The molecule has 1 aliphatic heterocycles. The Morgan fingerprint density at radius 2 is 2.00 bits per heavy atom. The monoisotopic (exact) mass is 227 g/mol. The largest absolute Gasteiger partial charge is 0.444 e. The van der Waals surface area contributed by atoms with E-state index in [9.17, 15) is 9.90 Å². The Morgan fingerprint density at radius 3 is 2.44 bits per heavy atom. The van der Waals surface area contributed by atoms with Crippen LogP contribution in [0.2, 0.25) is 0 Å². The highest BCUT2D eigenvalue weighted by Crippen LogP contribution is 2.19. The zero-order chi connectivity index (χ0) is 12.5. The van der Waals surface area contributed by atoms with E-state index in [1.54, 1.807) is 0 Å². The number of amides is 1. The number of carbonyl (C=O) groups excluding carboxylic acids is 1. The van der Waals surface area contributed by atoms with E-state index in [1.807, 2.05) is 34.6 Å². The average molecular weight is 227 g/mol. The fourth-order valence-corrected chi connectivity index (χ4v) is 1.57. The van der Waals surface area contributed by atoms with E-state index in [0.717, 1.165) is 11.1 Å². The summed E-state index contributed by atoms with van der Waals surface area (Å²) in [6.45, 7) is 10.2. The third-order valence-electron chi connectivity index (χ3n) is 2.65. The molecular weight excluding hydrogens is 206 g/mol. The summed E-state index contributed by atoms with van der Waals surface area (Å²) >= 11 is 0. The maximum atomic E-state index is 11.8. The zero-order valence-electron chi connectivity index (χ0n) is 10.7. The Kier molecular flexibility index (Phi) is 3.63. The van der Waals surface area contributed by atoms with Crippen LogP contribution < -0.4 is 0 Å². The number of carbonyl (C=O) groups is 1. The fraction of sp³-hybridized carbons (Fsp3) is 0.750. The molecule has 0 aliphatic carbocycles. The van der Waals surface area contributed by atoms with E-state index in [2.05, 4.69) is 0 Å².